The van der Waals surface area contributed by atoms with Crippen molar-refractivity contribution in [1.82, 2.24) is 0 Å². The van der Waals surface area contributed by atoms with Crippen LogP contribution in [-0.4, -0.2) is 48.0 Å². The van der Waals surface area contributed by atoms with Gasteiger partial charge in [-0.05, 0) is 36.4 Å². The van der Waals surface area contributed by atoms with Crippen LogP contribution in [0.3, 0.4) is 0 Å². The highest BCUT2D eigenvalue weighted by Crippen LogP contribution is 2.34. The normalized spacial score (nSPS) is 12.6. The smallest absolute Gasteiger partial charge is 0.245 e. The van der Waals surface area contributed by atoms with Crippen molar-refractivity contribution in [2.45, 2.75) is 0 Å². The van der Waals surface area contributed by atoms with Gasteiger partial charge in [-0.1, -0.05) is 0 Å². The second kappa shape index (κ2) is 7.36. The summed E-state index contributed by atoms with van der Waals surface area (Å²) in [5.74, 6) is 0.676. The summed E-state index contributed by atoms with van der Waals surface area (Å²) in [6, 6.07) is 11.9. The van der Waals surface area contributed by atoms with Gasteiger partial charge < -0.3 is 19.7 Å². The van der Waals surface area contributed by atoms with Crippen molar-refractivity contribution >= 4 is 33.0 Å². The molecule has 0 fully saturated rings. The van der Waals surface area contributed by atoms with Gasteiger partial charge in [-0.2, -0.15) is 0 Å². The van der Waals surface area contributed by atoms with Crippen LogP contribution in [0.2, 0.25) is 0 Å². The summed E-state index contributed by atoms with van der Waals surface area (Å²) in [7, 11) is 0.148. The van der Waals surface area contributed by atoms with Gasteiger partial charge in [0.1, 0.15) is 6.54 Å². The van der Waals surface area contributed by atoms with Gasteiger partial charge in [0.25, 0.3) is 0 Å². The van der Waals surface area contributed by atoms with Gasteiger partial charge in [0.15, 0.2) is 11.5 Å². The summed E-state index contributed by atoms with van der Waals surface area (Å²) in [4.78, 5) is 14.3. The average Bonchev–Trinajstić information content (AvgIpc) is 3.06. The average molecular weight is 391 g/mol. The third-order valence-corrected chi connectivity index (χ3v) is 5.14. The van der Waals surface area contributed by atoms with Crippen molar-refractivity contribution in [3.8, 4) is 11.5 Å². The third kappa shape index (κ3) is 4.43. The lowest BCUT2D eigenvalue weighted by Crippen LogP contribution is -2.37. The zero-order chi connectivity index (χ0) is 19.6. The fourth-order valence-corrected chi connectivity index (χ4v) is 3.48. The van der Waals surface area contributed by atoms with Crippen molar-refractivity contribution in [2.24, 2.45) is 0 Å². The molecule has 0 saturated heterocycles. The van der Waals surface area contributed by atoms with Crippen molar-refractivity contribution in [2.75, 3.05) is 48.2 Å². The predicted octanol–water partition coefficient (Wildman–Crippen LogP) is 1.89. The predicted molar refractivity (Wildman–Crippen MR) is 104 cm³/mol. The van der Waals surface area contributed by atoms with Crippen LogP contribution in [0.25, 0.3) is 0 Å². The molecular formula is C18H21N3O5S. The summed E-state index contributed by atoms with van der Waals surface area (Å²) in [6.07, 6.45) is 1.07. The number of nitrogens with zero attached hydrogens (tertiary/aromatic N) is 2. The molecule has 144 valence electrons. The Kier molecular flexibility index (Phi) is 5.13. The molecule has 2 aromatic rings. The van der Waals surface area contributed by atoms with E-state index < -0.39 is 15.9 Å². The van der Waals surface area contributed by atoms with E-state index in [4.69, 9.17) is 9.47 Å². The van der Waals surface area contributed by atoms with Gasteiger partial charge in [0.05, 0.1) is 11.9 Å². The molecule has 0 atom stereocenters. The topological polar surface area (TPSA) is 88.2 Å². The number of carbonyl (C=O) groups is 1. The lowest BCUT2D eigenvalue weighted by Gasteiger charge is -2.23. The molecule has 0 radical (unpaired) electrons. The Labute approximate surface area is 158 Å². The van der Waals surface area contributed by atoms with E-state index in [1.807, 2.05) is 19.0 Å². The number of fused-ring (bicyclic) bond motifs is 1. The maximum Gasteiger partial charge on any atom is 0.245 e. The Bertz CT molecular complexity index is 942. The van der Waals surface area contributed by atoms with E-state index in [9.17, 15) is 13.2 Å². The number of rotatable bonds is 6. The maximum absolute atomic E-state index is 12.4. The Morgan fingerprint density at radius 3 is 2.30 bits per heavy atom. The van der Waals surface area contributed by atoms with E-state index in [2.05, 4.69) is 5.32 Å². The number of nitrogens with one attached hydrogen (secondary N) is 1. The molecule has 3 rings (SSSR count). The largest absolute Gasteiger partial charge is 0.454 e. The molecule has 2 aromatic carbocycles. The molecular weight excluding hydrogens is 370 g/mol. The summed E-state index contributed by atoms with van der Waals surface area (Å²) >= 11 is 0. The lowest BCUT2D eigenvalue weighted by molar-refractivity contribution is -0.114. The number of benzene rings is 2. The zero-order valence-corrected chi connectivity index (χ0v) is 16.1. The SMILES string of the molecule is CN(C)c1ccc(N(CC(=O)Nc2ccc3c(c2)OCO3)S(C)(=O)=O)cc1. The van der Waals surface area contributed by atoms with Crippen LogP contribution >= 0.6 is 0 Å². The van der Waals surface area contributed by atoms with Gasteiger partial charge >= 0.3 is 0 Å². The highest BCUT2D eigenvalue weighted by molar-refractivity contribution is 7.92. The molecule has 1 aliphatic heterocycles. The second-order valence-corrected chi connectivity index (χ2v) is 8.20. The molecule has 0 spiro atoms. The first-order valence-electron chi connectivity index (χ1n) is 8.18. The minimum Gasteiger partial charge on any atom is -0.454 e. The molecule has 0 saturated carbocycles. The summed E-state index contributed by atoms with van der Waals surface area (Å²) < 4.78 is 35.9. The van der Waals surface area contributed by atoms with Crippen molar-refractivity contribution in [1.29, 1.82) is 0 Å². The van der Waals surface area contributed by atoms with Crippen LogP contribution in [0, 0.1) is 0 Å². The summed E-state index contributed by atoms with van der Waals surface area (Å²) in [5.41, 5.74) is 1.85. The Balaban J connectivity index is 1.75. The number of anilines is 3. The first-order chi connectivity index (χ1) is 12.7. The van der Waals surface area contributed by atoms with Crippen LogP contribution in [0.1, 0.15) is 0 Å². The molecule has 9 heteroatoms. The molecule has 1 heterocycles. The monoisotopic (exact) mass is 391 g/mol. The zero-order valence-electron chi connectivity index (χ0n) is 15.3. The molecule has 8 nitrogen and oxygen atoms in total. The van der Waals surface area contributed by atoms with Crippen LogP contribution in [0.15, 0.2) is 42.5 Å². The van der Waals surface area contributed by atoms with E-state index >= 15 is 0 Å². The number of amides is 1. The molecule has 0 unspecified atom stereocenters. The standard InChI is InChI=1S/C18H21N3O5S/c1-20(2)14-5-7-15(8-6-14)21(27(3,23)24)11-18(22)19-13-4-9-16-17(10-13)26-12-25-16/h4-10H,11-12H2,1-3H3,(H,19,22). The minimum atomic E-state index is -3.63. The molecule has 0 bridgehead atoms. The first-order valence-corrected chi connectivity index (χ1v) is 10.0. The van der Waals surface area contributed by atoms with Crippen LogP contribution in [-0.2, 0) is 14.8 Å². The fraction of sp³-hybridized carbons (Fsp3) is 0.278. The van der Waals surface area contributed by atoms with Crippen LogP contribution < -0.4 is 24.0 Å². The van der Waals surface area contributed by atoms with Crippen molar-refractivity contribution < 1.29 is 22.7 Å². The number of hydrogen-bond donors (Lipinski definition) is 1. The van der Waals surface area contributed by atoms with Crippen LogP contribution in [0.5, 0.6) is 11.5 Å². The van der Waals surface area contributed by atoms with Crippen molar-refractivity contribution in [3.05, 3.63) is 42.5 Å². The van der Waals surface area contributed by atoms with Gasteiger partial charge in [-0.3, -0.25) is 9.10 Å². The molecule has 0 aliphatic carbocycles. The lowest BCUT2D eigenvalue weighted by atomic mass is 10.2. The third-order valence-electron chi connectivity index (χ3n) is 4.00. The van der Waals surface area contributed by atoms with E-state index in [0.29, 0.717) is 22.9 Å². The Hall–Kier alpha value is -2.94. The van der Waals surface area contributed by atoms with Gasteiger partial charge in [-0.25, -0.2) is 8.42 Å². The quantitative estimate of drug-likeness (QED) is 0.809. The highest BCUT2D eigenvalue weighted by Gasteiger charge is 2.21. The van der Waals surface area contributed by atoms with E-state index in [1.54, 1.807) is 42.5 Å². The minimum absolute atomic E-state index is 0.136. The second-order valence-electron chi connectivity index (χ2n) is 6.30. The fourth-order valence-electron chi connectivity index (χ4n) is 2.62. The summed E-state index contributed by atoms with van der Waals surface area (Å²) in [5, 5.41) is 2.68. The maximum atomic E-state index is 12.4. The molecule has 1 N–H and O–H groups in total. The molecule has 1 aliphatic rings. The number of hydrogen-bond acceptors (Lipinski definition) is 6. The molecule has 1 amide bonds. The number of ether oxygens (including phenoxy) is 2. The summed E-state index contributed by atoms with van der Waals surface area (Å²) in [6.45, 7) is -0.202. The van der Waals surface area contributed by atoms with E-state index in [1.165, 1.54) is 0 Å². The van der Waals surface area contributed by atoms with Gasteiger partial charge in [0.2, 0.25) is 22.7 Å². The number of sulfonamides is 1. The van der Waals surface area contributed by atoms with E-state index in [-0.39, 0.29) is 13.3 Å². The Morgan fingerprint density at radius 2 is 1.67 bits per heavy atom. The highest BCUT2D eigenvalue weighted by atomic mass is 32.2. The van der Waals surface area contributed by atoms with Crippen molar-refractivity contribution in [3.63, 3.8) is 0 Å². The first kappa shape index (κ1) is 18.8. The Morgan fingerprint density at radius 1 is 1.04 bits per heavy atom. The van der Waals surface area contributed by atoms with Crippen LogP contribution in [0.4, 0.5) is 17.1 Å². The van der Waals surface area contributed by atoms with Gasteiger partial charge in [0, 0.05) is 31.5 Å². The number of carbonyl (C=O) groups excluding carboxylic acids is 1. The van der Waals surface area contributed by atoms with Gasteiger partial charge in [-0.15, -0.1) is 0 Å². The molecule has 27 heavy (non-hydrogen) atoms. The van der Waals surface area contributed by atoms with E-state index in [0.717, 1.165) is 16.2 Å². The molecule has 0 aromatic heterocycles.